The number of halogens is 2. The van der Waals surface area contributed by atoms with Gasteiger partial charge in [-0.05, 0) is 44.9 Å². The van der Waals surface area contributed by atoms with Gasteiger partial charge in [-0.3, -0.25) is 24.2 Å². The van der Waals surface area contributed by atoms with Gasteiger partial charge in [0, 0.05) is 56.0 Å². The monoisotopic (exact) mass is 803 g/mol. The quantitative estimate of drug-likeness (QED) is 0.161. The van der Waals surface area contributed by atoms with E-state index >= 15 is 0 Å². The van der Waals surface area contributed by atoms with E-state index in [0.29, 0.717) is 31.0 Å². The summed E-state index contributed by atoms with van der Waals surface area (Å²) in [5.41, 5.74) is -2.54. The Bertz CT molecular complexity index is 2260. The first-order valence-corrected chi connectivity index (χ1v) is 18.6. The average Bonchev–Trinajstić information content (AvgIpc) is 3.46. The highest BCUT2D eigenvalue weighted by Gasteiger charge is 2.54. The van der Waals surface area contributed by atoms with E-state index in [1.54, 1.807) is 11.8 Å². The Kier molecular flexibility index (Phi) is 10.9. The number of nitrogens with one attached hydrogen (secondary N) is 1. The molecular formula is C35H36F2N5O13P. The maximum atomic E-state index is 14.4. The molecule has 1 spiro atoms. The highest BCUT2D eigenvalue weighted by Crippen LogP contribution is 2.46. The lowest BCUT2D eigenvalue weighted by molar-refractivity contribution is -0.0657. The van der Waals surface area contributed by atoms with Gasteiger partial charge in [-0.1, -0.05) is 17.3 Å². The molecule has 4 heterocycles. The van der Waals surface area contributed by atoms with Crippen LogP contribution >= 0.6 is 7.82 Å². The summed E-state index contributed by atoms with van der Waals surface area (Å²) < 4.78 is 56.4. The number of hydrogen-bond donors (Lipinski definition) is 4. The Hall–Kier alpha value is -5.85. The molecular weight excluding hydrogens is 767 g/mol. The number of oxime groups is 1. The number of rotatable bonds is 11. The predicted octanol–water partition coefficient (Wildman–Crippen LogP) is 3.55. The van der Waals surface area contributed by atoms with Gasteiger partial charge in [0.25, 0.3) is 11.8 Å². The molecule has 3 amide bonds. The standard InChI is InChI=1S/C35H36F2N5O13P/c1-18-12-35(55-39-18)9-8-19(2)41-16-27(35)42-15-24(31(44)38-13-21-6-7-23(36)11-25(21)37)29(43)30(28(42)32(41)45)52-17-53-34(48)40(3)14-22-5-4-20(33(46)47)10-26(22)54-56(49,50)51/h4-7,10-11,15,19,27H,8-9,12-14,16-17H2,1-3H3,(H,38,44)(H,46,47)(H2,49,50,51)/t19-,27+,35-/m0/s1. The largest absolute Gasteiger partial charge is 0.524 e. The molecule has 3 aliphatic rings. The molecule has 298 valence electrons. The van der Waals surface area contributed by atoms with Gasteiger partial charge in [0.15, 0.2) is 11.3 Å². The molecule has 1 saturated heterocycles. The van der Waals surface area contributed by atoms with Crippen molar-refractivity contribution in [2.24, 2.45) is 5.16 Å². The van der Waals surface area contributed by atoms with E-state index < -0.39 is 97.4 Å². The Labute approximate surface area is 316 Å². The second-order valence-electron chi connectivity index (χ2n) is 13.6. The van der Waals surface area contributed by atoms with Gasteiger partial charge < -0.3 is 43.6 Å². The van der Waals surface area contributed by atoms with Gasteiger partial charge >= 0.3 is 19.9 Å². The van der Waals surface area contributed by atoms with Gasteiger partial charge in [-0.2, -0.15) is 0 Å². The first-order valence-electron chi connectivity index (χ1n) is 17.0. The number of carboxylic acid groups (broad SMARTS) is 1. The summed E-state index contributed by atoms with van der Waals surface area (Å²) in [6, 6.07) is 4.95. The van der Waals surface area contributed by atoms with Crippen molar-refractivity contribution in [2.75, 3.05) is 20.4 Å². The van der Waals surface area contributed by atoms with Crippen LogP contribution in [0.25, 0.3) is 0 Å². The summed E-state index contributed by atoms with van der Waals surface area (Å²) in [7, 11) is -3.92. The van der Waals surface area contributed by atoms with E-state index in [4.69, 9.17) is 14.3 Å². The summed E-state index contributed by atoms with van der Waals surface area (Å²) in [6.45, 7) is 1.93. The molecule has 4 N–H and O–H groups in total. The molecule has 0 unspecified atom stereocenters. The van der Waals surface area contributed by atoms with Crippen LogP contribution in [-0.2, 0) is 27.2 Å². The van der Waals surface area contributed by atoms with Crippen LogP contribution in [0.3, 0.4) is 0 Å². The number of pyridine rings is 1. The molecule has 1 fully saturated rings. The highest BCUT2D eigenvalue weighted by molar-refractivity contribution is 7.46. The van der Waals surface area contributed by atoms with Crippen LogP contribution in [0.1, 0.15) is 81.5 Å². The second kappa shape index (κ2) is 15.4. The van der Waals surface area contributed by atoms with E-state index in [1.165, 1.54) is 23.9 Å². The second-order valence-corrected chi connectivity index (χ2v) is 14.8. The summed E-state index contributed by atoms with van der Waals surface area (Å²) in [5.74, 6) is -5.91. The molecule has 21 heteroatoms. The van der Waals surface area contributed by atoms with Crippen molar-refractivity contribution in [1.82, 2.24) is 19.7 Å². The number of amides is 3. The number of aromatic carboxylic acids is 1. The van der Waals surface area contributed by atoms with Crippen molar-refractivity contribution in [2.45, 2.75) is 63.9 Å². The molecule has 1 aromatic heterocycles. The number of nitrogens with zero attached hydrogens (tertiary/aromatic N) is 4. The molecule has 18 nitrogen and oxygen atoms in total. The maximum Gasteiger partial charge on any atom is 0.524 e. The lowest BCUT2D eigenvalue weighted by Gasteiger charge is -2.42. The fraction of sp³-hybridized carbons (Fsp3) is 0.371. The Morgan fingerprint density at radius 1 is 1.14 bits per heavy atom. The molecule has 3 atom stereocenters. The van der Waals surface area contributed by atoms with Crippen LogP contribution in [0.15, 0.2) is 52.5 Å². The number of phosphoric acid groups is 1. The summed E-state index contributed by atoms with van der Waals surface area (Å²) in [5, 5.41) is 15.9. The van der Waals surface area contributed by atoms with Gasteiger partial charge in [-0.15, -0.1) is 0 Å². The summed E-state index contributed by atoms with van der Waals surface area (Å²) >= 11 is 0. The van der Waals surface area contributed by atoms with Gasteiger partial charge in [-0.25, -0.2) is 22.9 Å². The highest BCUT2D eigenvalue weighted by atomic mass is 31.2. The number of hydrogen-bond acceptors (Lipinski definition) is 11. The minimum Gasteiger partial charge on any atom is -0.478 e. The van der Waals surface area contributed by atoms with Crippen molar-refractivity contribution < 1.29 is 66.3 Å². The number of phosphoric ester groups is 1. The van der Waals surface area contributed by atoms with Crippen molar-refractivity contribution in [1.29, 1.82) is 0 Å². The molecule has 0 radical (unpaired) electrons. The third kappa shape index (κ3) is 8.07. The lowest BCUT2D eigenvalue weighted by atomic mass is 9.84. The van der Waals surface area contributed by atoms with Crippen LogP contribution < -0.4 is 20.0 Å². The smallest absolute Gasteiger partial charge is 0.478 e. The van der Waals surface area contributed by atoms with Gasteiger partial charge in [0.1, 0.15) is 22.9 Å². The van der Waals surface area contributed by atoms with Gasteiger partial charge in [0.05, 0.1) is 23.9 Å². The van der Waals surface area contributed by atoms with E-state index in [0.717, 1.165) is 29.2 Å². The van der Waals surface area contributed by atoms with E-state index in [9.17, 15) is 52.2 Å². The normalized spacial score (nSPS) is 20.0. The van der Waals surface area contributed by atoms with Crippen LogP contribution in [-0.4, -0.2) is 90.9 Å². The zero-order chi connectivity index (χ0) is 40.7. The maximum absolute atomic E-state index is 14.4. The zero-order valence-corrected chi connectivity index (χ0v) is 31.0. The topological polar surface area (TPSA) is 236 Å². The lowest BCUT2D eigenvalue weighted by Crippen LogP contribution is -2.52. The Balaban J connectivity index is 1.30. The molecule has 0 saturated carbocycles. The van der Waals surface area contributed by atoms with Crippen molar-refractivity contribution in [3.8, 4) is 11.5 Å². The van der Waals surface area contributed by atoms with Crippen molar-refractivity contribution in [3.05, 3.63) is 92.4 Å². The fourth-order valence-corrected chi connectivity index (χ4v) is 7.37. The Morgan fingerprint density at radius 3 is 2.54 bits per heavy atom. The summed E-state index contributed by atoms with van der Waals surface area (Å²) in [6.07, 6.45) is 1.45. The number of carbonyl (C=O) groups excluding carboxylic acids is 3. The molecule has 3 aromatic rings. The number of carbonyl (C=O) groups is 4. The van der Waals surface area contributed by atoms with Crippen LogP contribution in [0, 0.1) is 11.6 Å². The third-order valence-electron chi connectivity index (χ3n) is 9.76. The number of benzene rings is 2. The SMILES string of the molecule is CC1=NO[C@@]2(CC[C@H](C)N3C[C@H]2n2cc(C(=O)NCc4ccc(F)cc4F)c(=O)c(OCOC(=O)N(C)Cc4ccc(C(=O)O)cc4OP(=O)(O)O)c2C3=O)C1. The Morgan fingerprint density at radius 2 is 1.88 bits per heavy atom. The first-order chi connectivity index (χ1) is 26.4. The zero-order valence-electron chi connectivity index (χ0n) is 30.1. The molecule has 2 bridgehead atoms. The van der Waals surface area contributed by atoms with E-state index in [1.807, 2.05) is 6.92 Å². The van der Waals surface area contributed by atoms with Gasteiger partial charge in [0.2, 0.25) is 18.0 Å². The number of carboxylic acids is 1. The molecule has 6 rings (SSSR count). The van der Waals surface area contributed by atoms with Crippen LogP contribution in [0.5, 0.6) is 11.5 Å². The van der Waals surface area contributed by atoms with Crippen molar-refractivity contribution >= 4 is 37.4 Å². The molecule has 3 aliphatic heterocycles. The third-order valence-corrected chi connectivity index (χ3v) is 10.2. The number of fused-ring (bicyclic) bond motifs is 5. The molecule has 2 aromatic carbocycles. The molecule has 56 heavy (non-hydrogen) atoms. The van der Waals surface area contributed by atoms with Crippen LogP contribution in [0.2, 0.25) is 0 Å². The first kappa shape index (κ1) is 39.8. The van der Waals surface area contributed by atoms with Crippen LogP contribution in [0.4, 0.5) is 13.6 Å². The number of ether oxygens (including phenoxy) is 2. The van der Waals surface area contributed by atoms with E-state index in [-0.39, 0.29) is 35.0 Å². The number of aromatic nitrogens is 1. The molecule has 0 aliphatic carbocycles. The summed E-state index contributed by atoms with van der Waals surface area (Å²) in [4.78, 5) is 93.4. The van der Waals surface area contributed by atoms with Crippen molar-refractivity contribution in [3.63, 3.8) is 0 Å². The van der Waals surface area contributed by atoms with E-state index in [2.05, 4.69) is 15.0 Å². The minimum absolute atomic E-state index is 0.0103. The minimum atomic E-state index is -5.15. The fourth-order valence-electron chi connectivity index (χ4n) is 6.94. The average molecular weight is 804 g/mol. The predicted molar refractivity (Wildman–Crippen MR) is 188 cm³/mol.